The highest BCUT2D eigenvalue weighted by Gasteiger charge is 2.09. The number of methoxy groups -OCH3 is 1. The molecule has 0 aliphatic carbocycles. The number of hydrogen-bond donors (Lipinski definition) is 2. The van der Waals surface area contributed by atoms with E-state index in [2.05, 4.69) is 10.6 Å². The van der Waals surface area contributed by atoms with Gasteiger partial charge in [0.2, 0.25) is 11.8 Å². The third kappa shape index (κ3) is 5.44. The predicted molar refractivity (Wildman–Crippen MR) is 94.8 cm³/mol. The first kappa shape index (κ1) is 18.1. The molecule has 2 aromatic carbocycles. The third-order valence-corrected chi connectivity index (χ3v) is 3.74. The van der Waals surface area contributed by atoms with E-state index in [0.717, 1.165) is 11.3 Å². The van der Waals surface area contributed by atoms with Crippen LogP contribution < -0.4 is 15.4 Å². The van der Waals surface area contributed by atoms with Gasteiger partial charge in [-0.25, -0.2) is 0 Å². The van der Waals surface area contributed by atoms with Crippen LogP contribution in [0.5, 0.6) is 5.75 Å². The SMILES string of the molecule is COc1ccc(CC(=O)NCC(=O)Nc2cc(Cl)ccc2Cl)cc1. The zero-order valence-corrected chi connectivity index (χ0v) is 14.4. The van der Waals surface area contributed by atoms with Crippen LogP contribution in [0.3, 0.4) is 0 Å². The van der Waals surface area contributed by atoms with Crippen molar-refractivity contribution in [2.24, 2.45) is 0 Å². The van der Waals surface area contributed by atoms with Gasteiger partial charge in [-0.2, -0.15) is 0 Å². The topological polar surface area (TPSA) is 67.4 Å². The van der Waals surface area contributed by atoms with Crippen LogP contribution in [0, 0.1) is 0 Å². The summed E-state index contributed by atoms with van der Waals surface area (Å²) in [4.78, 5) is 23.7. The smallest absolute Gasteiger partial charge is 0.243 e. The zero-order valence-electron chi connectivity index (χ0n) is 12.9. The van der Waals surface area contributed by atoms with Gasteiger partial charge in [-0.15, -0.1) is 0 Å². The number of carbonyl (C=O) groups excluding carboxylic acids is 2. The molecule has 7 heteroatoms. The number of rotatable bonds is 6. The van der Waals surface area contributed by atoms with Crippen LogP contribution >= 0.6 is 23.2 Å². The van der Waals surface area contributed by atoms with Gasteiger partial charge in [-0.05, 0) is 35.9 Å². The second-order valence-corrected chi connectivity index (χ2v) is 5.82. The number of hydrogen-bond acceptors (Lipinski definition) is 3. The van der Waals surface area contributed by atoms with Crippen molar-refractivity contribution in [3.05, 3.63) is 58.1 Å². The van der Waals surface area contributed by atoms with Crippen molar-refractivity contribution in [1.29, 1.82) is 0 Å². The molecule has 0 saturated carbocycles. The summed E-state index contributed by atoms with van der Waals surface area (Å²) in [5, 5.41) is 5.98. The Bertz CT molecular complexity index is 733. The maximum Gasteiger partial charge on any atom is 0.243 e. The molecule has 0 atom stereocenters. The van der Waals surface area contributed by atoms with Gasteiger partial charge >= 0.3 is 0 Å². The number of amides is 2. The highest BCUT2D eigenvalue weighted by molar-refractivity contribution is 6.35. The standard InChI is InChI=1S/C17H16Cl2N2O3/c1-24-13-5-2-11(3-6-13)8-16(22)20-10-17(23)21-15-9-12(18)4-7-14(15)19/h2-7,9H,8,10H2,1H3,(H,20,22)(H,21,23). The van der Waals surface area contributed by atoms with E-state index in [-0.39, 0.29) is 24.8 Å². The molecule has 0 spiro atoms. The molecule has 0 aliphatic rings. The van der Waals surface area contributed by atoms with Gasteiger partial charge in [0, 0.05) is 5.02 Å². The molecule has 2 amide bonds. The summed E-state index contributed by atoms with van der Waals surface area (Å²) in [6.07, 6.45) is 0.176. The summed E-state index contributed by atoms with van der Waals surface area (Å²) in [5.41, 5.74) is 1.23. The summed E-state index contributed by atoms with van der Waals surface area (Å²) < 4.78 is 5.05. The largest absolute Gasteiger partial charge is 0.497 e. The van der Waals surface area contributed by atoms with Gasteiger partial charge in [0.25, 0.3) is 0 Å². The van der Waals surface area contributed by atoms with Crippen molar-refractivity contribution >= 4 is 40.7 Å². The number of halogens is 2. The lowest BCUT2D eigenvalue weighted by molar-refractivity contribution is -0.123. The minimum atomic E-state index is -0.387. The van der Waals surface area contributed by atoms with Crippen molar-refractivity contribution in [3.63, 3.8) is 0 Å². The van der Waals surface area contributed by atoms with E-state index >= 15 is 0 Å². The van der Waals surface area contributed by atoms with Crippen LogP contribution in [0.25, 0.3) is 0 Å². The molecule has 0 saturated heterocycles. The fourth-order valence-corrected chi connectivity index (χ4v) is 2.29. The molecule has 24 heavy (non-hydrogen) atoms. The lowest BCUT2D eigenvalue weighted by Gasteiger charge is -2.09. The van der Waals surface area contributed by atoms with Crippen molar-refractivity contribution in [2.75, 3.05) is 19.0 Å². The Morgan fingerprint density at radius 3 is 2.42 bits per heavy atom. The summed E-state index contributed by atoms with van der Waals surface area (Å²) in [7, 11) is 1.58. The monoisotopic (exact) mass is 366 g/mol. The Kier molecular flexibility index (Phi) is 6.46. The average Bonchev–Trinajstić information content (AvgIpc) is 2.57. The molecule has 0 aliphatic heterocycles. The maximum atomic E-state index is 11.9. The average molecular weight is 367 g/mol. The van der Waals surface area contributed by atoms with E-state index in [1.54, 1.807) is 49.6 Å². The normalized spacial score (nSPS) is 10.1. The zero-order chi connectivity index (χ0) is 17.5. The number of carbonyl (C=O) groups is 2. The first-order valence-electron chi connectivity index (χ1n) is 7.12. The molecular formula is C17H16Cl2N2O3. The van der Waals surface area contributed by atoms with Gasteiger partial charge < -0.3 is 15.4 Å². The number of anilines is 1. The number of nitrogens with one attached hydrogen (secondary N) is 2. The Morgan fingerprint density at radius 2 is 1.75 bits per heavy atom. The van der Waals surface area contributed by atoms with Crippen molar-refractivity contribution in [2.45, 2.75) is 6.42 Å². The third-order valence-electron chi connectivity index (χ3n) is 3.17. The second-order valence-electron chi connectivity index (χ2n) is 4.97. The summed E-state index contributed by atoms with van der Waals surface area (Å²) in [6, 6.07) is 11.9. The van der Waals surface area contributed by atoms with Gasteiger partial charge in [0.05, 0.1) is 30.8 Å². The van der Waals surface area contributed by atoms with E-state index in [1.165, 1.54) is 0 Å². The minimum Gasteiger partial charge on any atom is -0.497 e. The molecule has 2 N–H and O–H groups in total. The molecule has 0 heterocycles. The van der Waals surface area contributed by atoms with Crippen LogP contribution in [0.2, 0.25) is 10.0 Å². The van der Waals surface area contributed by atoms with E-state index in [4.69, 9.17) is 27.9 Å². The van der Waals surface area contributed by atoms with Gasteiger partial charge in [-0.3, -0.25) is 9.59 Å². The van der Waals surface area contributed by atoms with Crippen molar-refractivity contribution < 1.29 is 14.3 Å². The van der Waals surface area contributed by atoms with Crippen LogP contribution in [0.4, 0.5) is 5.69 Å². The fourth-order valence-electron chi connectivity index (χ4n) is 1.96. The number of benzene rings is 2. The molecule has 0 radical (unpaired) electrons. The number of ether oxygens (including phenoxy) is 1. The summed E-state index contributed by atoms with van der Waals surface area (Å²) in [6.45, 7) is -0.155. The first-order chi connectivity index (χ1) is 11.5. The van der Waals surface area contributed by atoms with Crippen LogP contribution in [-0.2, 0) is 16.0 Å². The molecule has 2 rings (SSSR count). The second kappa shape index (κ2) is 8.57. The minimum absolute atomic E-state index is 0.155. The Labute approximate surface area is 149 Å². The molecule has 5 nitrogen and oxygen atoms in total. The van der Waals surface area contributed by atoms with Gasteiger partial charge in [-0.1, -0.05) is 35.3 Å². The van der Waals surface area contributed by atoms with Crippen molar-refractivity contribution in [1.82, 2.24) is 5.32 Å². The quantitative estimate of drug-likeness (QED) is 0.823. The van der Waals surface area contributed by atoms with E-state index in [0.29, 0.717) is 15.7 Å². The summed E-state index contributed by atoms with van der Waals surface area (Å²) >= 11 is 11.8. The lowest BCUT2D eigenvalue weighted by atomic mass is 10.1. The highest BCUT2D eigenvalue weighted by Crippen LogP contribution is 2.25. The molecule has 0 fully saturated rings. The van der Waals surface area contributed by atoms with Crippen LogP contribution in [0.1, 0.15) is 5.56 Å². The fraction of sp³-hybridized carbons (Fsp3) is 0.176. The van der Waals surface area contributed by atoms with Crippen LogP contribution in [0.15, 0.2) is 42.5 Å². The van der Waals surface area contributed by atoms with Gasteiger partial charge in [0.1, 0.15) is 5.75 Å². The van der Waals surface area contributed by atoms with E-state index < -0.39 is 0 Å². The molecule has 0 bridgehead atoms. The highest BCUT2D eigenvalue weighted by atomic mass is 35.5. The molecule has 126 valence electrons. The van der Waals surface area contributed by atoms with E-state index in [9.17, 15) is 9.59 Å². The maximum absolute atomic E-state index is 11.9. The Hall–Kier alpha value is -2.24. The lowest BCUT2D eigenvalue weighted by Crippen LogP contribution is -2.33. The Balaban J connectivity index is 1.82. The van der Waals surface area contributed by atoms with Gasteiger partial charge in [0.15, 0.2) is 0 Å². The summed E-state index contributed by atoms with van der Waals surface area (Å²) in [5.74, 6) is 0.0756. The van der Waals surface area contributed by atoms with Crippen LogP contribution in [-0.4, -0.2) is 25.5 Å². The first-order valence-corrected chi connectivity index (χ1v) is 7.88. The molecule has 2 aromatic rings. The Morgan fingerprint density at radius 1 is 1.04 bits per heavy atom. The molecule has 0 aromatic heterocycles. The van der Waals surface area contributed by atoms with E-state index in [1.807, 2.05) is 0 Å². The van der Waals surface area contributed by atoms with Crippen molar-refractivity contribution in [3.8, 4) is 5.75 Å². The molecule has 0 unspecified atom stereocenters. The predicted octanol–water partition coefficient (Wildman–Crippen LogP) is 3.30. The molecular weight excluding hydrogens is 351 g/mol.